The third-order valence-electron chi connectivity index (χ3n) is 4.86. The van der Waals surface area contributed by atoms with Gasteiger partial charge in [0.2, 0.25) is 0 Å². The topological polar surface area (TPSA) is 92.9 Å². The Kier molecular flexibility index (Phi) is 5.54. The summed E-state index contributed by atoms with van der Waals surface area (Å²) in [6, 6.07) is 0.355. The normalized spacial score (nSPS) is 15.0. The number of aromatic nitrogens is 4. The predicted octanol–water partition coefficient (Wildman–Crippen LogP) is 3.36. The highest BCUT2D eigenvalue weighted by Crippen LogP contribution is 2.27. The van der Waals surface area contributed by atoms with Crippen molar-refractivity contribution in [3.63, 3.8) is 0 Å². The van der Waals surface area contributed by atoms with Crippen LogP contribution in [0.3, 0.4) is 0 Å². The number of hydrogen-bond donors (Lipinski definition) is 2. The Bertz CT molecular complexity index is 899. The summed E-state index contributed by atoms with van der Waals surface area (Å²) in [4.78, 5) is 20.4. The summed E-state index contributed by atoms with van der Waals surface area (Å²) in [5.41, 5.74) is 8.79. The van der Waals surface area contributed by atoms with Gasteiger partial charge in [-0.15, -0.1) is 11.3 Å². The van der Waals surface area contributed by atoms with Crippen molar-refractivity contribution in [2.24, 2.45) is 0 Å². The maximum absolute atomic E-state index is 6.09. The maximum atomic E-state index is 6.09. The average molecular weight is 387 g/mol. The molecule has 0 aliphatic carbocycles. The minimum atomic E-state index is 0.355. The summed E-state index contributed by atoms with van der Waals surface area (Å²) in [7, 11) is 0. The molecule has 8 heteroatoms. The molecule has 0 bridgehead atoms. The van der Waals surface area contributed by atoms with Crippen LogP contribution in [0, 0.1) is 0 Å². The molecule has 1 aliphatic rings. The van der Waals surface area contributed by atoms with Crippen LogP contribution in [-0.2, 0) is 13.0 Å². The van der Waals surface area contributed by atoms with Crippen LogP contribution in [0.15, 0.2) is 12.4 Å². The first kappa shape index (κ1) is 18.2. The van der Waals surface area contributed by atoms with Crippen molar-refractivity contribution in [3.05, 3.63) is 27.8 Å². The number of likely N-dealkylation sites (tertiary alicyclic amines) is 1. The predicted molar refractivity (Wildman–Crippen MR) is 108 cm³/mol. The second-order valence-corrected chi connectivity index (χ2v) is 8.21. The van der Waals surface area contributed by atoms with E-state index in [9.17, 15) is 0 Å². The molecule has 0 amide bonds. The first-order chi connectivity index (χ1) is 13.2. The average Bonchev–Trinajstić information content (AvgIpc) is 3.39. The number of nitrogens with zero attached hydrogens (tertiary/aromatic N) is 4. The van der Waals surface area contributed by atoms with E-state index in [1.165, 1.54) is 35.8 Å². The molecule has 0 atom stereocenters. The molecule has 1 aliphatic heterocycles. The lowest BCUT2D eigenvalue weighted by atomic mass is 10.2. The molecule has 0 spiro atoms. The molecular formula is C19H26N6OS. The number of rotatable bonds is 8. The first-order valence-electron chi connectivity index (χ1n) is 9.65. The third-order valence-corrected chi connectivity index (χ3v) is 5.85. The number of aromatic amines is 1. The molecule has 0 aromatic carbocycles. The van der Waals surface area contributed by atoms with Gasteiger partial charge in [-0.25, -0.2) is 4.98 Å². The number of anilines is 1. The zero-order valence-electron chi connectivity index (χ0n) is 15.7. The monoisotopic (exact) mass is 386 g/mol. The van der Waals surface area contributed by atoms with Gasteiger partial charge in [0.25, 0.3) is 0 Å². The van der Waals surface area contributed by atoms with Gasteiger partial charge in [0, 0.05) is 29.3 Å². The Morgan fingerprint density at radius 2 is 2.15 bits per heavy atom. The number of nitrogens with two attached hydrogens (primary N) is 1. The van der Waals surface area contributed by atoms with Crippen LogP contribution >= 0.6 is 11.3 Å². The molecule has 144 valence electrons. The number of ether oxygens (including phenoxy) is 1. The summed E-state index contributed by atoms with van der Waals surface area (Å²) >= 11 is 1.78. The second kappa shape index (κ2) is 8.22. The van der Waals surface area contributed by atoms with Crippen molar-refractivity contribution in [3.8, 4) is 6.01 Å². The van der Waals surface area contributed by atoms with Crippen molar-refractivity contribution in [2.45, 2.75) is 45.6 Å². The number of H-pyrrole nitrogens is 1. The molecule has 0 saturated carbocycles. The fourth-order valence-electron chi connectivity index (χ4n) is 3.39. The third kappa shape index (κ3) is 4.22. The minimum absolute atomic E-state index is 0.355. The lowest BCUT2D eigenvalue weighted by molar-refractivity contribution is 0.287. The second-order valence-electron chi connectivity index (χ2n) is 7.01. The van der Waals surface area contributed by atoms with Crippen LogP contribution in [-0.4, -0.2) is 44.5 Å². The zero-order valence-corrected chi connectivity index (χ0v) is 16.5. The van der Waals surface area contributed by atoms with Crippen molar-refractivity contribution < 1.29 is 4.74 Å². The highest BCUT2D eigenvalue weighted by atomic mass is 32.1. The molecule has 3 aromatic heterocycles. The molecule has 0 unspecified atom stereocenters. The fourth-order valence-corrected chi connectivity index (χ4v) is 4.38. The van der Waals surface area contributed by atoms with E-state index in [2.05, 4.69) is 31.8 Å². The van der Waals surface area contributed by atoms with Crippen LogP contribution in [0.5, 0.6) is 6.01 Å². The minimum Gasteiger partial charge on any atom is -0.463 e. The zero-order chi connectivity index (χ0) is 18.6. The van der Waals surface area contributed by atoms with E-state index in [-0.39, 0.29) is 0 Å². The Labute approximate surface area is 163 Å². The van der Waals surface area contributed by atoms with Crippen LogP contribution in [0.1, 0.15) is 48.1 Å². The lowest BCUT2D eigenvalue weighted by Crippen LogP contribution is -2.17. The Morgan fingerprint density at radius 3 is 2.96 bits per heavy atom. The molecule has 27 heavy (non-hydrogen) atoms. The highest BCUT2D eigenvalue weighted by Gasteiger charge is 2.16. The molecule has 1 fully saturated rings. The van der Waals surface area contributed by atoms with E-state index >= 15 is 0 Å². The smallest absolute Gasteiger partial charge is 0.319 e. The van der Waals surface area contributed by atoms with Crippen molar-refractivity contribution in [1.82, 2.24) is 24.8 Å². The summed E-state index contributed by atoms with van der Waals surface area (Å²) < 4.78 is 5.66. The Hall–Kier alpha value is -2.19. The number of thiazole rings is 1. The number of nitrogen functional groups attached to an aromatic ring is 1. The van der Waals surface area contributed by atoms with Gasteiger partial charge in [-0.3, -0.25) is 4.90 Å². The summed E-state index contributed by atoms with van der Waals surface area (Å²) in [5.74, 6) is 0.428. The summed E-state index contributed by atoms with van der Waals surface area (Å²) in [5, 5.41) is 1.18. The van der Waals surface area contributed by atoms with Crippen molar-refractivity contribution >= 4 is 28.2 Å². The summed E-state index contributed by atoms with van der Waals surface area (Å²) in [6.45, 7) is 6.07. The quantitative estimate of drug-likeness (QED) is 0.577. The molecule has 1 saturated heterocycles. The highest BCUT2D eigenvalue weighted by molar-refractivity contribution is 7.11. The summed E-state index contributed by atoms with van der Waals surface area (Å²) in [6.07, 6.45) is 9.38. The van der Waals surface area contributed by atoms with Crippen LogP contribution in [0.25, 0.3) is 11.0 Å². The van der Waals surface area contributed by atoms with Gasteiger partial charge in [0.1, 0.15) is 16.0 Å². The van der Waals surface area contributed by atoms with Gasteiger partial charge >= 0.3 is 6.01 Å². The van der Waals surface area contributed by atoms with E-state index in [1.54, 1.807) is 11.3 Å². The standard InChI is InChI=1S/C19H26N6OS/c1-2-3-8-26-19-23-16-13(10-22-17(16)18(20)24-19)9-14-11-21-15(27-14)12-25-6-4-5-7-25/h10-11,22H,2-9,12H2,1H3,(H2,20,23,24). The molecule has 4 rings (SSSR count). The van der Waals surface area contributed by atoms with E-state index < -0.39 is 0 Å². The largest absolute Gasteiger partial charge is 0.463 e. The first-order valence-corrected chi connectivity index (χ1v) is 10.5. The van der Waals surface area contributed by atoms with Crippen LogP contribution in [0.4, 0.5) is 5.82 Å². The number of fused-ring (bicyclic) bond motifs is 1. The Morgan fingerprint density at radius 1 is 1.30 bits per heavy atom. The SMILES string of the molecule is CCCCOc1nc(N)c2[nH]cc(Cc3cnc(CN4CCCC4)s3)c2n1. The van der Waals surface area contributed by atoms with E-state index in [0.717, 1.165) is 42.4 Å². The number of unbranched alkanes of at least 4 members (excludes halogenated alkanes) is 1. The van der Waals surface area contributed by atoms with E-state index in [4.69, 9.17) is 10.5 Å². The molecule has 3 N–H and O–H groups in total. The molecule has 7 nitrogen and oxygen atoms in total. The lowest BCUT2D eigenvalue weighted by Gasteiger charge is -2.11. The molecule has 4 heterocycles. The van der Waals surface area contributed by atoms with Crippen molar-refractivity contribution in [2.75, 3.05) is 25.4 Å². The van der Waals surface area contributed by atoms with Gasteiger partial charge in [0.05, 0.1) is 13.2 Å². The van der Waals surface area contributed by atoms with Crippen molar-refractivity contribution in [1.29, 1.82) is 0 Å². The van der Waals surface area contributed by atoms with E-state index in [1.807, 2.05) is 12.4 Å². The van der Waals surface area contributed by atoms with Gasteiger partial charge < -0.3 is 15.5 Å². The molecule has 3 aromatic rings. The van der Waals surface area contributed by atoms with Gasteiger partial charge in [0.15, 0.2) is 5.82 Å². The number of nitrogens with one attached hydrogen (secondary N) is 1. The van der Waals surface area contributed by atoms with Crippen LogP contribution < -0.4 is 10.5 Å². The van der Waals surface area contributed by atoms with Crippen LogP contribution in [0.2, 0.25) is 0 Å². The van der Waals surface area contributed by atoms with E-state index in [0.29, 0.717) is 18.4 Å². The number of hydrogen-bond acceptors (Lipinski definition) is 7. The molecule has 0 radical (unpaired) electrons. The Balaban J connectivity index is 1.50. The van der Waals surface area contributed by atoms with Gasteiger partial charge in [-0.2, -0.15) is 9.97 Å². The fraction of sp³-hybridized carbons (Fsp3) is 0.526. The van der Waals surface area contributed by atoms with Gasteiger partial charge in [-0.05, 0) is 32.4 Å². The van der Waals surface area contributed by atoms with Gasteiger partial charge in [-0.1, -0.05) is 13.3 Å². The molecular weight excluding hydrogens is 360 g/mol. The maximum Gasteiger partial charge on any atom is 0.319 e.